The molecule has 0 saturated carbocycles. The molecule has 0 aliphatic rings. The number of carbonyl (C=O) groups is 2. The number of quaternary nitrogens is 1. The van der Waals surface area contributed by atoms with Crippen molar-refractivity contribution in [1.29, 1.82) is 0 Å². The van der Waals surface area contributed by atoms with E-state index in [1.165, 1.54) is 0 Å². The van der Waals surface area contributed by atoms with Crippen LogP contribution in [0.2, 0.25) is 0 Å². The molecular formula is C35H57N4O4+. The minimum Gasteiger partial charge on any atom is -0.378 e. The zero-order valence-corrected chi connectivity index (χ0v) is 27.9. The number of ether oxygens (including phenoxy) is 2. The smallest absolute Gasteiger partial charge is 0.279 e. The SMILES string of the molecule is CCCN(CCOCCOCC[N+](CCC)(CCC)CC(=O)Nc1c(C)cccc1C)CC(=O)Nc1c(C)cccc1C. The van der Waals surface area contributed by atoms with E-state index in [0.29, 0.717) is 46.1 Å². The lowest BCUT2D eigenvalue weighted by molar-refractivity contribution is -0.921. The Kier molecular flexibility index (Phi) is 16.5. The number of para-hydroxylation sites is 2. The molecule has 0 fully saturated rings. The molecule has 8 heteroatoms. The number of rotatable bonds is 21. The molecule has 0 aliphatic heterocycles. The van der Waals surface area contributed by atoms with Crippen molar-refractivity contribution in [3.05, 3.63) is 58.7 Å². The molecule has 0 saturated heterocycles. The maximum atomic E-state index is 13.2. The first kappa shape index (κ1) is 36.4. The summed E-state index contributed by atoms with van der Waals surface area (Å²) in [6.07, 6.45) is 2.99. The Hall–Kier alpha value is -2.78. The Bertz CT molecular complexity index is 1090. The van der Waals surface area contributed by atoms with Gasteiger partial charge < -0.3 is 24.6 Å². The molecule has 43 heavy (non-hydrogen) atoms. The molecule has 0 atom stereocenters. The summed E-state index contributed by atoms with van der Waals surface area (Å²) >= 11 is 0. The molecule has 2 N–H and O–H groups in total. The first-order valence-electron chi connectivity index (χ1n) is 16.1. The second-order valence-electron chi connectivity index (χ2n) is 11.8. The molecule has 2 amide bonds. The number of aryl methyl sites for hydroxylation is 4. The van der Waals surface area contributed by atoms with Gasteiger partial charge in [-0.15, -0.1) is 0 Å². The summed E-state index contributed by atoms with van der Waals surface area (Å²) < 4.78 is 12.6. The summed E-state index contributed by atoms with van der Waals surface area (Å²) in [7, 11) is 0. The zero-order chi connectivity index (χ0) is 31.7. The quantitative estimate of drug-likeness (QED) is 0.139. The third-order valence-corrected chi connectivity index (χ3v) is 7.91. The molecule has 240 valence electrons. The van der Waals surface area contributed by atoms with E-state index in [9.17, 15) is 9.59 Å². The molecule has 0 aliphatic carbocycles. The van der Waals surface area contributed by atoms with E-state index < -0.39 is 0 Å². The highest BCUT2D eigenvalue weighted by Gasteiger charge is 2.29. The highest BCUT2D eigenvalue weighted by molar-refractivity contribution is 5.94. The van der Waals surface area contributed by atoms with E-state index in [1.54, 1.807) is 0 Å². The van der Waals surface area contributed by atoms with E-state index in [-0.39, 0.29) is 11.8 Å². The second-order valence-corrected chi connectivity index (χ2v) is 11.8. The van der Waals surface area contributed by atoms with Crippen molar-refractivity contribution >= 4 is 23.2 Å². The molecule has 0 bridgehead atoms. The largest absolute Gasteiger partial charge is 0.378 e. The van der Waals surface area contributed by atoms with Crippen molar-refractivity contribution in [2.45, 2.75) is 67.7 Å². The molecule has 2 rings (SSSR count). The molecule has 0 radical (unpaired) electrons. The van der Waals surface area contributed by atoms with Crippen LogP contribution in [0.25, 0.3) is 0 Å². The number of carbonyl (C=O) groups excluding carboxylic acids is 2. The zero-order valence-electron chi connectivity index (χ0n) is 27.9. The van der Waals surface area contributed by atoms with Crippen LogP contribution in [0.15, 0.2) is 36.4 Å². The average Bonchev–Trinajstić information content (AvgIpc) is 2.94. The molecular weight excluding hydrogens is 540 g/mol. The van der Waals surface area contributed by atoms with Gasteiger partial charge in [-0.2, -0.15) is 0 Å². The lowest BCUT2D eigenvalue weighted by atomic mass is 10.1. The Morgan fingerprint density at radius 2 is 1.14 bits per heavy atom. The van der Waals surface area contributed by atoms with E-state index in [4.69, 9.17) is 9.47 Å². The van der Waals surface area contributed by atoms with Gasteiger partial charge in [0.2, 0.25) is 5.91 Å². The summed E-state index contributed by atoms with van der Waals surface area (Å²) in [6.45, 7) is 21.7. The number of hydrogen-bond donors (Lipinski definition) is 2. The molecule has 2 aromatic carbocycles. The van der Waals surface area contributed by atoms with Crippen molar-refractivity contribution in [2.75, 3.05) is 82.9 Å². The molecule has 0 spiro atoms. The first-order chi connectivity index (χ1) is 20.6. The number of hydrogen-bond acceptors (Lipinski definition) is 5. The van der Waals surface area contributed by atoms with Crippen LogP contribution >= 0.6 is 0 Å². The van der Waals surface area contributed by atoms with Crippen LogP contribution in [-0.4, -0.2) is 93.4 Å². The fourth-order valence-electron chi connectivity index (χ4n) is 5.77. The highest BCUT2D eigenvalue weighted by Crippen LogP contribution is 2.21. The summed E-state index contributed by atoms with van der Waals surface area (Å²) in [6, 6.07) is 12.1. The van der Waals surface area contributed by atoms with Crippen molar-refractivity contribution in [1.82, 2.24) is 4.90 Å². The minimum atomic E-state index is -0.00216. The maximum absolute atomic E-state index is 13.2. The Balaban J connectivity index is 1.76. The van der Waals surface area contributed by atoms with Crippen LogP contribution in [-0.2, 0) is 19.1 Å². The number of amides is 2. The maximum Gasteiger partial charge on any atom is 0.279 e. The third-order valence-electron chi connectivity index (χ3n) is 7.91. The van der Waals surface area contributed by atoms with Gasteiger partial charge in [0.25, 0.3) is 5.91 Å². The summed E-state index contributed by atoms with van der Waals surface area (Å²) in [4.78, 5) is 28.0. The lowest BCUT2D eigenvalue weighted by Gasteiger charge is -2.38. The van der Waals surface area contributed by atoms with Gasteiger partial charge in [0.05, 0.1) is 46.1 Å². The fourth-order valence-corrected chi connectivity index (χ4v) is 5.77. The van der Waals surface area contributed by atoms with Crippen LogP contribution in [0, 0.1) is 27.7 Å². The summed E-state index contributed by atoms with van der Waals surface area (Å²) in [5.41, 5.74) is 6.13. The van der Waals surface area contributed by atoms with Gasteiger partial charge in [0.1, 0.15) is 6.54 Å². The third kappa shape index (κ3) is 12.8. The van der Waals surface area contributed by atoms with Gasteiger partial charge in [-0.25, -0.2) is 0 Å². The Morgan fingerprint density at radius 1 is 0.651 bits per heavy atom. The normalized spacial score (nSPS) is 11.6. The van der Waals surface area contributed by atoms with Crippen molar-refractivity contribution < 1.29 is 23.5 Å². The number of benzene rings is 2. The standard InChI is InChI=1S/C35H56N4O4/c1-8-17-38(26-32(40)36-34-28(4)13-11-14-29(34)5)18-22-42-24-25-43-23-21-39(19-9-2,20-10-3)27-33(41)37-35-30(6)15-12-16-31(35)7/h11-16H,8-10,17-27H2,1-7H3,(H-,36,37,40,41)/p+1. The van der Waals surface area contributed by atoms with Crippen LogP contribution in [0.1, 0.15) is 62.3 Å². The summed E-state index contributed by atoms with van der Waals surface area (Å²) in [5, 5.41) is 6.26. The second kappa shape index (κ2) is 19.5. The Labute approximate surface area is 260 Å². The van der Waals surface area contributed by atoms with E-state index in [1.807, 2.05) is 64.1 Å². The topological polar surface area (TPSA) is 79.9 Å². The number of nitrogens with zero attached hydrogens (tertiary/aromatic N) is 2. The molecule has 0 aromatic heterocycles. The Morgan fingerprint density at radius 3 is 1.63 bits per heavy atom. The van der Waals surface area contributed by atoms with Gasteiger partial charge in [-0.3, -0.25) is 14.5 Å². The molecule has 2 aromatic rings. The first-order valence-corrected chi connectivity index (χ1v) is 16.1. The van der Waals surface area contributed by atoms with Gasteiger partial charge in [0, 0.05) is 17.9 Å². The average molecular weight is 598 g/mol. The van der Waals surface area contributed by atoms with Crippen LogP contribution in [0.5, 0.6) is 0 Å². The lowest BCUT2D eigenvalue weighted by Crippen LogP contribution is -2.55. The van der Waals surface area contributed by atoms with Crippen LogP contribution < -0.4 is 10.6 Å². The predicted octanol–water partition coefficient (Wildman–Crippen LogP) is 5.88. The fraction of sp³-hybridized carbons (Fsp3) is 0.600. The van der Waals surface area contributed by atoms with Crippen LogP contribution in [0.4, 0.5) is 11.4 Å². The van der Waals surface area contributed by atoms with Gasteiger partial charge in [0.15, 0.2) is 6.54 Å². The monoisotopic (exact) mass is 597 g/mol. The van der Waals surface area contributed by atoms with Crippen molar-refractivity contribution in [2.24, 2.45) is 0 Å². The van der Waals surface area contributed by atoms with E-state index in [2.05, 4.69) is 36.3 Å². The number of nitrogens with one attached hydrogen (secondary N) is 2. The molecule has 8 nitrogen and oxygen atoms in total. The van der Waals surface area contributed by atoms with Crippen molar-refractivity contribution in [3.8, 4) is 0 Å². The molecule has 0 heterocycles. The van der Waals surface area contributed by atoms with Gasteiger partial charge in [-0.05, 0) is 75.8 Å². The number of anilines is 2. The van der Waals surface area contributed by atoms with Crippen LogP contribution in [0.3, 0.4) is 0 Å². The van der Waals surface area contributed by atoms with E-state index >= 15 is 0 Å². The highest BCUT2D eigenvalue weighted by atomic mass is 16.5. The minimum absolute atomic E-state index is 0.00216. The molecule has 0 unspecified atom stereocenters. The van der Waals surface area contributed by atoms with E-state index in [0.717, 1.165) is 83.6 Å². The summed E-state index contributed by atoms with van der Waals surface area (Å²) in [5.74, 6) is 0.0552. The predicted molar refractivity (Wildman–Crippen MR) is 178 cm³/mol. The van der Waals surface area contributed by atoms with Gasteiger partial charge >= 0.3 is 0 Å². The van der Waals surface area contributed by atoms with Crippen molar-refractivity contribution in [3.63, 3.8) is 0 Å². The van der Waals surface area contributed by atoms with Gasteiger partial charge in [-0.1, -0.05) is 57.2 Å².